The second kappa shape index (κ2) is 11.9. The van der Waals surface area contributed by atoms with Crippen molar-refractivity contribution in [2.45, 2.75) is 65.2 Å². The van der Waals surface area contributed by atoms with Crippen molar-refractivity contribution in [3.63, 3.8) is 0 Å². The van der Waals surface area contributed by atoms with Crippen molar-refractivity contribution in [1.29, 1.82) is 10.5 Å². The summed E-state index contributed by atoms with van der Waals surface area (Å²) in [5.74, 6) is 0. The van der Waals surface area contributed by atoms with E-state index in [1.807, 2.05) is 12.1 Å². The molecule has 32 heavy (non-hydrogen) atoms. The van der Waals surface area contributed by atoms with Gasteiger partial charge in [-0.2, -0.15) is 10.5 Å². The van der Waals surface area contributed by atoms with Crippen molar-refractivity contribution in [3.05, 3.63) is 82.9 Å². The van der Waals surface area contributed by atoms with Crippen molar-refractivity contribution >= 4 is 0 Å². The molecule has 0 unspecified atom stereocenters. The van der Waals surface area contributed by atoms with Crippen LogP contribution in [0.2, 0.25) is 0 Å². The van der Waals surface area contributed by atoms with Crippen LogP contribution < -0.4 is 0 Å². The predicted molar refractivity (Wildman–Crippen MR) is 133 cm³/mol. The maximum absolute atomic E-state index is 9.92. The van der Waals surface area contributed by atoms with Crippen molar-refractivity contribution < 1.29 is 0 Å². The lowest BCUT2D eigenvalue weighted by Gasteiger charge is -2.12. The smallest absolute Gasteiger partial charge is 0.101 e. The Morgan fingerprint density at radius 3 is 1.22 bits per heavy atom. The van der Waals surface area contributed by atoms with Crippen LogP contribution in [0.1, 0.15) is 74.6 Å². The Hall–Kier alpha value is -3.36. The summed E-state index contributed by atoms with van der Waals surface area (Å²) in [7, 11) is 0. The maximum Gasteiger partial charge on any atom is 0.101 e. The molecule has 0 saturated heterocycles. The number of aryl methyl sites for hydroxylation is 2. The summed E-state index contributed by atoms with van der Waals surface area (Å²) in [5, 5.41) is 19.8. The van der Waals surface area contributed by atoms with E-state index in [0.29, 0.717) is 11.1 Å². The minimum Gasteiger partial charge on any atom is -0.192 e. The van der Waals surface area contributed by atoms with Crippen LogP contribution in [0.3, 0.4) is 0 Å². The molecule has 0 bridgehead atoms. The fraction of sp³-hybridized carbons (Fsp3) is 0.333. The molecule has 2 nitrogen and oxygen atoms in total. The van der Waals surface area contributed by atoms with E-state index in [-0.39, 0.29) is 0 Å². The van der Waals surface area contributed by atoms with Crippen molar-refractivity contribution in [1.82, 2.24) is 0 Å². The summed E-state index contributed by atoms with van der Waals surface area (Å²) in [6.45, 7) is 4.43. The molecule has 0 aliphatic carbocycles. The molecule has 3 aromatic carbocycles. The van der Waals surface area contributed by atoms with Crippen molar-refractivity contribution in [2.24, 2.45) is 0 Å². The van der Waals surface area contributed by atoms with Crippen LogP contribution in [-0.4, -0.2) is 0 Å². The molecule has 0 saturated carbocycles. The van der Waals surface area contributed by atoms with Crippen molar-refractivity contribution in [2.75, 3.05) is 0 Å². The Morgan fingerprint density at radius 2 is 0.906 bits per heavy atom. The molecular weight excluding hydrogens is 388 g/mol. The molecule has 0 atom stereocenters. The van der Waals surface area contributed by atoms with Gasteiger partial charge in [0, 0.05) is 11.1 Å². The number of hydrogen-bond donors (Lipinski definition) is 0. The standard InChI is InChI=1S/C30H32N2/c1-3-5-7-9-23-11-15-25(16-12-23)27-19-20-28(30(22-32)29(27)21-31)26-17-13-24(14-18-26)10-8-6-4-2/h11-20H,3-10H2,1-2H3. The first-order chi connectivity index (χ1) is 15.7. The molecule has 0 N–H and O–H groups in total. The molecule has 0 amide bonds. The number of nitrogens with zero attached hydrogens (tertiary/aromatic N) is 2. The Kier molecular flexibility index (Phi) is 8.65. The van der Waals surface area contributed by atoms with Crippen LogP contribution in [-0.2, 0) is 12.8 Å². The normalized spacial score (nSPS) is 10.5. The van der Waals surface area contributed by atoms with Gasteiger partial charge in [-0.05, 0) is 47.9 Å². The highest BCUT2D eigenvalue weighted by molar-refractivity contribution is 5.82. The fourth-order valence-electron chi connectivity index (χ4n) is 4.18. The maximum atomic E-state index is 9.92. The van der Waals surface area contributed by atoms with Crippen LogP contribution in [0.15, 0.2) is 60.7 Å². The largest absolute Gasteiger partial charge is 0.192 e. The van der Waals surface area contributed by atoms with E-state index < -0.39 is 0 Å². The quantitative estimate of drug-likeness (QED) is 0.310. The minimum absolute atomic E-state index is 0.454. The monoisotopic (exact) mass is 420 g/mol. The molecule has 0 spiro atoms. The first-order valence-corrected chi connectivity index (χ1v) is 11.9. The fourth-order valence-corrected chi connectivity index (χ4v) is 4.18. The van der Waals surface area contributed by atoms with Crippen molar-refractivity contribution in [3.8, 4) is 34.4 Å². The molecule has 0 fully saturated rings. The van der Waals surface area contributed by atoms with Gasteiger partial charge in [-0.25, -0.2) is 0 Å². The van der Waals surface area contributed by atoms with Gasteiger partial charge in [0.15, 0.2) is 0 Å². The Bertz CT molecular complexity index is 1000. The van der Waals surface area contributed by atoms with Gasteiger partial charge in [-0.15, -0.1) is 0 Å². The van der Waals surface area contributed by atoms with Crippen LogP contribution in [0.25, 0.3) is 22.3 Å². The summed E-state index contributed by atoms with van der Waals surface area (Å²) in [6.07, 6.45) is 9.48. The third-order valence-electron chi connectivity index (χ3n) is 6.10. The summed E-state index contributed by atoms with van der Waals surface area (Å²) in [5.41, 5.74) is 7.15. The van der Waals surface area contributed by atoms with Gasteiger partial charge in [-0.1, -0.05) is 100 Å². The molecule has 2 heteroatoms. The molecule has 0 aliphatic rings. The summed E-state index contributed by atoms with van der Waals surface area (Å²) in [4.78, 5) is 0. The van der Waals surface area contributed by atoms with E-state index >= 15 is 0 Å². The lowest BCUT2D eigenvalue weighted by Crippen LogP contribution is -1.95. The highest BCUT2D eigenvalue weighted by atomic mass is 14.3. The van der Waals surface area contributed by atoms with E-state index in [4.69, 9.17) is 0 Å². The Morgan fingerprint density at radius 1 is 0.531 bits per heavy atom. The zero-order chi connectivity index (χ0) is 22.8. The number of benzene rings is 3. The van der Waals surface area contributed by atoms with E-state index in [1.165, 1.54) is 49.7 Å². The molecule has 3 rings (SSSR count). The van der Waals surface area contributed by atoms with Crippen LogP contribution >= 0.6 is 0 Å². The lowest BCUT2D eigenvalue weighted by molar-refractivity contribution is 0.717. The predicted octanol–water partition coefficient (Wildman–Crippen LogP) is 8.23. The molecule has 0 radical (unpaired) electrons. The van der Waals surface area contributed by atoms with Gasteiger partial charge < -0.3 is 0 Å². The third-order valence-corrected chi connectivity index (χ3v) is 6.10. The van der Waals surface area contributed by atoms with Gasteiger partial charge in [0.1, 0.15) is 12.1 Å². The summed E-state index contributed by atoms with van der Waals surface area (Å²) >= 11 is 0. The average Bonchev–Trinajstić information content (AvgIpc) is 2.84. The van der Waals surface area contributed by atoms with Gasteiger partial charge in [-0.3, -0.25) is 0 Å². The zero-order valence-electron chi connectivity index (χ0n) is 19.3. The second-order valence-electron chi connectivity index (χ2n) is 8.44. The van der Waals surface area contributed by atoms with E-state index in [2.05, 4.69) is 74.5 Å². The first kappa shape index (κ1) is 23.3. The van der Waals surface area contributed by atoms with Gasteiger partial charge in [0.05, 0.1) is 11.1 Å². The van der Waals surface area contributed by atoms with Crippen LogP contribution in [0, 0.1) is 22.7 Å². The molecule has 0 heterocycles. The topological polar surface area (TPSA) is 47.6 Å². The molecule has 0 aliphatic heterocycles. The molecule has 0 aromatic heterocycles. The average molecular weight is 421 g/mol. The van der Waals surface area contributed by atoms with E-state index in [0.717, 1.165) is 35.1 Å². The Labute approximate surface area is 193 Å². The summed E-state index contributed by atoms with van der Waals surface area (Å²) < 4.78 is 0. The number of hydrogen-bond acceptors (Lipinski definition) is 2. The first-order valence-electron chi connectivity index (χ1n) is 11.9. The Balaban J connectivity index is 1.89. The van der Waals surface area contributed by atoms with Crippen LogP contribution in [0.5, 0.6) is 0 Å². The highest BCUT2D eigenvalue weighted by Crippen LogP contribution is 2.33. The van der Waals surface area contributed by atoms with E-state index in [9.17, 15) is 10.5 Å². The van der Waals surface area contributed by atoms with Gasteiger partial charge in [0.2, 0.25) is 0 Å². The SMILES string of the molecule is CCCCCc1ccc(-c2ccc(-c3ccc(CCCCC)cc3)c(C#N)c2C#N)cc1. The highest BCUT2D eigenvalue weighted by Gasteiger charge is 2.16. The van der Waals surface area contributed by atoms with E-state index in [1.54, 1.807) is 0 Å². The zero-order valence-corrected chi connectivity index (χ0v) is 19.3. The second-order valence-corrected chi connectivity index (χ2v) is 8.44. The lowest BCUT2D eigenvalue weighted by atomic mass is 9.89. The van der Waals surface area contributed by atoms with Gasteiger partial charge >= 0.3 is 0 Å². The minimum atomic E-state index is 0.454. The number of unbranched alkanes of at least 4 members (excludes halogenated alkanes) is 4. The number of nitriles is 2. The summed E-state index contributed by atoms with van der Waals surface area (Å²) in [6, 6.07) is 25.4. The van der Waals surface area contributed by atoms with Crippen LogP contribution in [0.4, 0.5) is 0 Å². The third kappa shape index (κ3) is 5.66. The molecular formula is C30H32N2. The van der Waals surface area contributed by atoms with Gasteiger partial charge in [0.25, 0.3) is 0 Å². The molecule has 3 aromatic rings. The number of rotatable bonds is 10. The molecule has 162 valence electrons.